The van der Waals surface area contributed by atoms with Gasteiger partial charge in [-0.25, -0.2) is 13.8 Å². The molecule has 1 atom stereocenters. The van der Waals surface area contributed by atoms with Crippen LogP contribution in [0.1, 0.15) is 42.5 Å². The lowest BCUT2D eigenvalue weighted by Crippen LogP contribution is -2.32. The van der Waals surface area contributed by atoms with Crippen LogP contribution < -0.4 is 4.90 Å². The fraction of sp³-hybridized carbons (Fsp3) is 0.238. The van der Waals surface area contributed by atoms with E-state index in [1.165, 1.54) is 37.1 Å². The molecule has 0 saturated carbocycles. The van der Waals surface area contributed by atoms with Gasteiger partial charge in [0.2, 0.25) is 19.9 Å². The minimum Gasteiger partial charge on any atom is -0.464 e. The third-order valence-corrected chi connectivity index (χ3v) is 4.60. The summed E-state index contributed by atoms with van der Waals surface area (Å²) in [6.45, 7) is 6.09. The zero-order chi connectivity index (χ0) is 24.2. The number of hydrogen-bond donors (Lipinski definition) is 1. The molecule has 0 spiro atoms. The highest BCUT2D eigenvalue weighted by Crippen LogP contribution is 2.29. The van der Waals surface area contributed by atoms with Gasteiger partial charge in [-0.2, -0.15) is 0 Å². The molecule has 0 aliphatic rings. The number of allylic oxidation sites excluding steroid dienone is 3. The lowest BCUT2D eigenvalue weighted by Gasteiger charge is -2.27. The van der Waals surface area contributed by atoms with Crippen LogP contribution in [0.3, 0.4) is 0 Å². The van der Waals surface area contributed by atoms with Gasteiger partial charge in [0, 0.05) is 31.0 Å². The predicted molar refractivity (Wildman–Crippen MR) is 118 cm³/mol. The highest BCUT2D eigenvalue weighted by Gasteiger charge is 2.32. The smallest absolute Gasteiger partial charge is 0.218 e. The Kier molecular flexibility index (Phi) is 7.87. The maximum Gasteiger partial charge on any atom is 0.218 e. The molecule has 1 amide bonds. The van der Waals surface area contributed by atoms with Gasteiger partial charge in [0.15, 0.2) is 11.6 Å². The number of Topliss-reactive ketones (excluding diaryl/α,β-unsaturated/α-hetero) is 1. The molecule has 1 N–H and O–H groups in total. The molecule has 32 heavy (non-hydrogen) atoms. The molecule has 7 nitrogen and oxygen atoms in total. The van der Waals surface area contributed by atoms with Crippen LogP contribution in [-0.2, 0) is 15.2 Å². The maximum atomic E-state index is 14.1. The molecule has 0 aromatic carbocycles. The first-order valence-electron chi connectivity index (χ1n) is 9.37. The molecular weight excluding hydrogens is 443 g/mol. The maximum absolute atomic E-state index is 14.1. The van der Waals surface area contributed by atoms with Crippen molar-refractivity contribution in [2.75, 3.05) is 4.90 Å². The van der Waals surface area contributed by atoms with E-state index in [1.54, 1.807) is 13.8 Å². The molecule has 11 heteroatoms. The highest BCUT2D eigenvalue weighted by atomic mass is 35.5. The average molecular weight is 464 g/mol. The minimum atomic E-state index is -2.31. The van der Waals surface area contributed by atoms with Crippen molar-refractivity contribution in [3.63, 3.8) is 0 Å². The van der Waals surface area contributed by atoms with Gasteiger partial charge in [0.25, 0.3) is 0 Å². The summed E-state index contributed by atoms with van der Waals surface area (Å²) in [5.41, 5.74) is -1.36. The third kappa shape index (κ3) is 5.77. The van der Waals surface area contributed by atoms with Crippen molar-refractivity contribution in [1.29, 1.82) is 0 Å². The zero-order valence-corrected chi connectivity index (χ0v) is 18.9. The molecule has 1 unspecified atom stereocenters. The second-order valence-corrected chi connectivity index (χ2v) is 7.71. The number of carbonyl (C=O) groups is 2. The standard InChI is InChI=1S/C21H21BClF2N3O4/c1-11-8-26-17(14(4)30)7-18(11)28(10-29)12(2)5-19(13(3)23)32-21(22,31)20-16(25)6-15(24)9-27-20/h5-10,31H,22H2,1-4H3/b12-5-,19-13-. The molecule has 0 aliphatic heterocycles. The van der Waals surface area contributed by atoms with Crippen LogP contribution in [0.5, 0.6) is 0 Å². The summed E-state index contributed by atoms with van der Waals surface area (Å²) in [4.78, 5) is 32.4. The molecule has 0 radical (unpaired) electrons. The summed E-state index contributed by atoms with van der Waals surface area (Å²) >= 11 is 6.10. The van der Waals surface area contributed by atoms with Gasteiger partial charge in [0.05, 0.1) is 16.9 Å². The molecule has 0 fully saturated rings. The molecular formula is C21H21BClF2N3O4. The fourth-order valence-electron chi connectivity index (χ4n) is 2.77. The minimum absolute atomic E-state index is 0.0777. The van der Waals surface area contributed by atoms with Gasteiger partial charge in [-0.05, 0) is 32.4 Å². The first-order valence-corrected chi connectivity index (χ1v) is 9.75. The summed E-state index contributed by atoms with van der Waals surface area (Å²) in [5, 5.41) is 10.7. The number of hydrogen-bond acceptors (Lipinski definition) is 6. The van der Waals surface area contributed by atoms with Crippen molar-refractivity contribution < 1.29 is 28.2 Å². The number of aryl methyl sites for hydroxylation is 1. The number of nitrogens with zero attached hydrogens (tertiary/aromatic N) is 3. The van der Waals surface area contributed by atoms with Gasteiger partial charge in [-0.1, -0.05) is 11.6 Å². The van der Waals surface area contributed by atoms with Crippen LogP contribution in [0, 0.1) is 18.6 Å². The van der Waals surface area contributed by atoms with Crippen molar-refractivity contribution >= 4 is 37.3 Å². The van der Waals surface area contributed by atoms with E-state index in [0.717, 1.165) is 14.0 Å². The predicted octanol–water partition coefficient (Wildman–Crippen LogP) is 3.06. The molecule has 0 saturated heterocycles. The highest BCUT2D eigenvalue weighted by molar-refractivity contribution is 6.29. The van der Waals surface area contributed by atoms with Crippen molar-refractivity contribution in [3.05, 3.63) is 75.7 Å². The normalized spacial score (nSPS) is 14.3. The van der Waals surface area contributed by atoms with E-state index >= 15 is 0 Å². The summed E-state index contributed by atoms with van der Waals surface area (Å²) in [6, 6.07) is 2.03. The van der Waals surface area contributed by atoms with Crippen LogP contribution in [0.4, 0.5) is 14.5 Å². The Morgan fingerprint density at radius 3 is 2.44 bits per heavy atom. The summed E-state index contributed by atoms with van der Waals surface area (Å²) in [5.74, 6) is -2.39. The molecule has 2 rings (SSSR count). The van der Waals surface area contributed by atoms with Crippen LogP contribution >= 0.6 is 11.6 Å². The number of pyridine rings is 2. The Morgan fingerprint density at radius 2 is 1.91 bits per heavy atom. The molecule has 0 bridgehead atoms. The molecule has 2 aromatic heterocycles. The number of ketones is 1. The number of rotatable bonds is 8. The van der Waals surface area contributed by atoms with Gasteiger partial charge < -0.3 is 9.84 Å². The average Bonchev–Trinajstić information content (AvgIpc) is 2.68. The van der Waals surface area contributed by atoms with E-state index in [1.807, 2.05) is 0 Å². The van der Waals surface area contributed by atoms with Crippen LogP contribution in [0.2, 0.25) is 0 Å². The molecule has 2 aromatic rings. The van der Waals surface area contributed by atoms with Crippen LogP contribution in [-0.4, -0.2) is 35.1 Å². The van der Waals surface area contributed by atoms with E-state index in [4.69, 9.17) is 16.3 Å². The summed E-state index contributed by atoms with van der Waals surface area (Å²) < 4.78 is 32.8. The summed E-state index contributed by atoms with van der Waals surface area (Å²) in [7, 11) is 1.11. The first-order chi connectivity index (χ1) is 14.9. The monoisotopic (exact) mass is 463 g/mol. The lowest BCUT2D eigenvalue weighted by atomic mass is 9.90. The van der Waals surface area contributed by atoms with Gasteiger partial charge >= 0.3 is 0 Å². The quantitative estimate of drug-likeness (QED) is 0.162. The number of aliphatic hydroxyl groups is 1. The van der Waals surface area contributed by atoms with Crippen molar-refractivity contribution in [1.82, 2.24) is 9.97 Å². The number of amides is 1. The topological polar surface area (TPSA) is 92.6 Å². The molecule has 168 valence electrons. The van der Waals surface area contributed by atoms with E-state index in [-0.39, 0.29) is 22.3 Å². The van der Waals surface area contributed by atoms with Crippen molar-refractivity contribution in [2.24, 2.45) is 0 Å². The van der Waals surface area contributed by atoms with E-state index < -0.39 is 23.0 Å². The number of ether oxygens (including phenoxy) is 1. The van der Waals surface area contributed by atoms with Crippen LogP contribution in [0.15, 0.2) is 47.1 Å². The van der Waals surface area contributed by atoms with Crippen molar-refractivity contribution in [2.45, 2.75) is 33.4 Å². The Bertz CT molecular complexity index is 1120. The number of anilines is 1. The number of aromatic nitrogens is 2. The van der Waals surface area contributed by atoms with E-state index in [9.17, 15) is 23.5 Å². The summed E-state index contributed by atoms with van der Waals surface area (Å²) in [6.07, 6.45) is 4.07. The second kappa shape index (κ2) is 10.0. The molecule has 2 heterocycles. The number of carbonyl (C=O) groups excluding carboxylic acids is 2. The lowest BCUT2D eigenvalue weighted by molar-refractivity contribution is -0.115. The SMILES string of the molecule is BC(O)(OC(/C=C(/C)N(C=O)c1cc(C(C)=O)ncc1C)=C(/C)Cl)c1ncc(F)cc1F. The van der Waals surface area contributed by atoms with E-state index in [0.29, 0.717) is 29.4 Å². The Balaban J connectivity index is 2.45. The van der Waals surface area contributed by atoms with Gasteiger partial charge in [0.1, 0.15) is 23.0 Å². The Hall–Kier alpha value is -3.11. The largest absolute Gasteiger partial charge is 0.464 e. The Morgan fingerprint density at radius 1 is 1.25 bits per heavy atom. The zero-order valence-electron chi connectivity index (χ0n) is 18.1. The molecule has 0 aliphatic carbocycles. The second-order valence-electron chi connectivity index (χ2n) is 7.14. The van der Waals surface area contributed by atoms with Gasteiger partial charge in [-0.15, -0.1) is 0 Å². The van der Waals surface area contributed by atoms with E-state index in [2.05, 4.69) is 9.97 Å². The first kappa shape index (κ1) is 25.2. The fourth-order valence-corrected chi connectivity index (χ4v) is 2.87. The Labute approximate surface area is 189 Å². The van der Waals surface area contributed by atoms with Crippen LogP contribution in [0.25, 0.3) is 0 Å². The van der Waals surface area contributed by atoms with Gasteiger partial charge in [-0.3, -0.25) is 19.5 Å². The van der Waals surface area contributed by atoms with Crippen molar-refractivity contribution in [3.8, 4) is 0 Å². The third-order valence-electron chi connectivity index (χ3n) is 4.42. The number of halogens is 3.